The quantitative estimate of drug-likeness (QED) is 0.719. The molecule has 0 amide bonds. The average Bonchev–Trinajstić information content (AvgIpc) is 2.09. The number of aliphatic hydroxyl groups excluding tert-OH is 1. The summed E-state index contributed by atoms with van der Waals surface area (Å²) >= 11 is 1.85. The highest BCUT2D eigenvalue weighted by molar-refractivity contribution is 7.99. The van der Waals surface area contributed by atoms with Gasteiger partial charge in [0.2, 0.25) is 0 Å². The second kappa shape index (κ2) is 6.70. The summed E-state index contributed by atoms with van der Waals surface area (Å²) in [5.41, 5.74) is 0.0992. The molecule has 14 heavy (non-hydrogen) atoms. The first kappa shape index (κ1) is 14.3. The van der Waals surface area contributed by atoms with Crippen molar-refractivity contribution in [2.75, 3.05) is 12.3 Å². The molecule has 2 N–H and O–H groups in total. The van der Waals surface area contributed by atoms with Crippen molar-refractivity contribution in [1.82, 2.24) is 5.32 Å². The van der Waals surface area contributed by atoms with Gasteiger partial charge in [-0.25, -0.2) is 0 Å². The van der Waals surface area contributed by atoms with Gasteiger partial charge in [0.1, 0.15) is 0 Å². The standard InChI is InChI=1S/C11H25NOS/c1-6-9(2)14-8-10(13)7-12-11(3,4)5/h9-10,12-13H,6-8H2,1-5H3. The zero-order chi connectivity index (χ0) is 11.2. The zero-order valence-corrected chi connectivity index (χ0v) is 10.9. The van der Waals surface area contributed by atoms with Gasteiger partial charge in [0.15, 0.2) is 0 Å². The number of hydrogen-bond donors (Lipinski definition) is 2. The fourth-order valence-electron chi connectivity index (χ4n) is 0.876. The molecule has 2 atom stereocenters. The number of hydrogen-bond acceptors (Lipinski definition) is 3. The summed E-state index contributed by atoms with van der Waals surface area (Å²) in [6.07, 6.45) is 0.942. The second-order valence-corrected chi connectivity index (χ2v) is 6.31. The van der Waals surface area contributed by atoms with Crippen LogP contribution in [0.2, 0.25) is 0 Å². The molecular formula is C11H25NOS. The van der Waals surface area contributed by atoms with Crippen LogP contribution in [0.25, 0.3) is 0 Å². The molecule has 2 unspecified atom stereocenters. The molecule has 0 aliphatic rings. The molecule has 0 saturated carbocycles. The van der Waals surface area contributed by atoms with Gasteiger partial charge in [-0.05, 0) is 27.2 Å². The first-order valence-corrected chi connectivity index (χ1v) is 6.44. The number of rotatable bonds is 6. The molecule has 2 nitrogen and oxygen atoms in total. The van der Waals surface area contributed by atoms with Crippen LogP contribution in [0.15, 0.2) is 0 Å². The largest absolute Gasteiger partial charge is 0.391 e. The third-order valence-electron chi connectivity index (χ3n) is 2.02. The van der Waals surface area contributed by atoms with E-state index in [1.54, 1.807) is 0 Å². The van der Waals surface area contributed by atoms with E-state index in [2.05, 4.69) is 39.9 Å². The number of nitrogens with one attached hydrogen (secondary N) is 1. The summed E-state index contributed by atoms with van der Waals surface area (Å²) in [6, 6.07) is 0. The monoisotopic (exact) mass is 219 g/mol. The van der Waals surface area contributed by atoms with Gasteiger partial charge >= 0.3 is 0 Å². The highest BCUT2D eigenvalue weighted by Gasteiger charge is 2.12. The van der Waals surface area contributed by atoms with E-state index < -0.39 is 0 Å². The van der Waals surface area contributed by atoms with E-state index in [1.807, 2.05) is 11.8 Å². The molecule has 0 bridgehead atoms. The minimum atomic E-state index is -0.228. The van der Waals surface area contributed by atoms with Gasteiger partial charge < -0.3 is 10.4 Å². The second-order valence-electron chi connectivity index (χ2n) is 4.84. The maximum atomic E-state index is 9.67. The smallest absolute Gasteiger partial charge is 0.0755 e. The van der Waals surface area contributed by atoms with E-state index >= 15 is 0 Å². The van der Waals surface area contributed by atoms with E-state index in [1.165, 1.54) is 6.42 Å². The van der Waals surface area contributed by atoms with Crippen molar-refractivity contribution in [2.24, 2.45) is 0 Å². The van der Waals surface area contributed by atoms with E-state index in [4.69, 9.17) is 0 Å². The van der Waals surface area contributed by atoms with Gasteiger partial charge in [0, 0.05) is 23.1 Å². The summed E-state index contributed by atoms with van der Waals surface area (Å²) in [4.78, 5) is 0. The Labute approximate surface area is 92.9 Å². The number of thioether (sulfide) groups is 1. The summed E-state index contributed by atoms with van der Waals surface area (Å²) in [6.45, 7) is 11.4. The molecule has 0 radical (unpaired) electrons. The van der Waals surface area contributed by atoms with Crippen molar-refractivity contribution in [1.29, 1.82) is 0 Å². The summed E-state index contributed by atoms with van der Waals surface area (Å²) in [5, 5.41) is 13.6. The Balaban J connectivity index is 3.51. The minimum Gasteiger partial charge on any atom is -0.391 e. The fraction of sp³-hybridized carbons (Fsp3) is 1.00. The van der Waals surface area contributed by atoms with Crippen LogP contribution in [0.5, 0.6) is 0 Å². The minimum absolute atomic E-state index is 0.0992. The van der Waals surface area contributed by atoms with Crippen molar-refractivity contribution in [3.8, 4) is 0 Å². The van der Waals surface area contributed by atoms with Crippen LogP contribution >= 0.6 is 11.8 Å². The van der Waals surface area contributed by atoms with E-state index in [0.29, 0.717) is 11.8 Å². The van der Waals surface area contributed by atoms with Crippen LogP contribution in [-0.4, -0.2) is 34.3 Å². The van der Waals surface area contributed by atoms with Crippen molar-refractivity contribution < 1.29 is 5.11 Å². The normalized spacial score (nSPS) is 16.7. The Kier molecular flexibility index (Phi) is 6.83. The van der Waals surface area contributed by atoms with Gasteiger partial charge in [0.25, 0.3) is 0 Å². The predicted molar refractivity (Wildman–Crippen MR) is 66.0 cm³/mol. The number of β-amino-alcohol motifs (C(OH)–C–C–N with tert-alkyl or cyclic N) is 1. The Bertz CT molecular complexity index is 145. The first-order valence-electron chi connectivity index (χ1n) is 5.40. The summed E-state index contributed by atoms with van der Waals surface area (Å²) < 4.78 is 0. The van der Waals surface area contributed by atoms with Crippen LogP contribution in [0, 0.1) is 0 Å². The maximum Gasteiger partial charge on any atom is 0.0755 e. The van der Waals surface area contributed by atoms with Crippen LogP contribution in [0.1, 0.15) is 41.0 Å². The van der Waals surface area contributed by atoms with Gasteiger partial charge in [-0.2, -0.15) is 11.8 Å². The molecule has 86 valence electrons. The lowest BCUT2D eigenvalue weighted by atomic mass is 10.1. The maximum absolute atomic E-state index is 9.67. The molecule has 0 heterocycles. The van der Waals surface area contributed by atoms with Crippen LogP contribution in [-0.2, 0) is 0 Å². The molecule has 0 aromatic rings. The van der Waals surface area contributed by atoms with Crippen molar-refractivity contribution in [3.63, 3.8) is 0 Å². The molecule has 0 aliphatic heterocycles. The molecule has 0 aromatic heterocycles. The zero-order valence-electron chi connectivity index (χ0n) is 10.1. The van der Waals surface area contributed by atoms with Gasteiger partial charge in [0.05, 0.1) is 6.10 Å². The molecule has 0 aromatic carbocycles. The Morgan fingerprint density at radius 2 is 1.93 bits per heavy atom. The van der Waals surface area contributed by atoms with Crippen molar-refractivity contribution in [3.05, 3.63) is 0 Å². The average molecular weight is 219 g/mol. The van der Waals surface area contributed by atoms with E-state index in [9.17, 15) is 5.11 Å². The van der Waals surface area contributed by atoms with Crippen LogP contribution in [0.3, 0.4) is 0 Å². The third kappa shape index (κ3) is 8.85. The molecular weight excluding hydrogens is 194 g/mol. The van der Waals surface area contributed by atoms with E-state index in [0.717, 1.165) is 5.75 Å². The summed E-state index contributed by atoms with van der Waals surface area (Å²) in [5.74, 6) is 0.831. The Hall–Kier alpha value is 0.270. The van der Waals surface area contributed by atoms with Crippen molar-refractivity contribution >= 4 is 11.8 Å². The lowest BCUT2D eigenvalue weighted by Crippen LogP contribution is -2.41. The van der Waals surface area contributed by atoms with Crippen LogP contribution in [0.4, 0.5) is 0 Å². The topological polar surface area (TPSA) is 32.3 Å². The SMILES string of the molecule is CCC(C)SCC(O)CNC(C)(C)C. The van der Waals surface area contributed by atoms with Gasteiger partial charge in [-0.15, -0.1) is 0 Å². The first-order chi connectivity index (χ1) is 6.35. The fourth-order valence-corrected chi connectivity index (χ4v) is 1.78. The van der Waals surface area contributed by atoms with Gasteiger partial charge in [-0.1, -0.05) is 13.8 Å². The molecule has 0 rings (SSSR count). The highest BCUT2D eigenvalue weighted by Crippen LogP contribution is 2.14. The highest BCUT2D eigenvalue weighted by atomic mass is 32.2. The van der Waals surface area contributed by atoms with Crippen LogP contribution < -0.4 is 5.32 Å². The number of aliphatic hydroxyl groups is 1. The molecule has 0 spiro atoms. The molecule has 0 aliphatic carbocycles. The summed E-state index contributed by atoms with van der Waals surface area (Å²) in [7, 11) is 0. The Morgan fingerprint density at radius 3 is 2.36 bits per heavy atom. The lowest BCUT2D eigenvalue weighted by molar-refractivity contribution is 0.183. The molecule has 0 fully saturated rings. The molecule has 3 heteroatoms. The third-order valence-corrected chi connectivity index (χ3v) is 3.50. The predicted octanol–water partition coefficient (Wildman–Crippen LogP) is 2.27. The van der Waals surface area contributed by atoms with Gasteiger partial charge in [-0.3, -0.25) is 0 Å². The Morgan fingerprint density at radius 1 is 1.36 bits per heavy atom. The van der Waals surface area contributed by atoms with E-state index in [-0.39, 0.29) is 11.6 Å². The molecule has 0 saturated heterocycles. The lowest BCUT2D eigenvalue weighted by Gasteiger charge is -2.23. The van der Waals surface area contributed by atoms with Crippen molar-refractivity contribution in [2.45, 2.75) is 57.9 Å².